The van der Waals surface area contributed by atoms with Crippen LogP contribution < -0.4 is 9.47 Å². The van der Waals surface area contributed by atoms with Crippen LogP contribution in [0.15, 0.2) is 107 Å². The van der Waals surface area contributed by atoms with Gasteiger partial charge in [-0.1, -0.05) is 71.0 Å². The summed E-state index contributed by atoms with van der Waals surface area (Å²) >= 11 is 0. The Balaban J connectivity index is 1.45. The minimum Gasteiger partial charge on any atom is -0.488 e. The van der Waals surface area contributed by atoms with E-state index in [2.05, 4.69) is 71.0 Å². The molecule has 4 nitrogen and oxygen atoms in total. The zero-order valence-corrected chi connectivity index (χ0v) is 25.6. The number of benzene rings is 4. The van der Waals surface area contributed by atoms with Crippen molar-refractivity contribution < 1.29 is 17.9 Å². The molecule has 0 saturated heterocycles. The fourth-order valence-corrected chi connectivity index (χ4v) is 5.75. The summed E-state index contributed by atoms with van der Waals surface area (Å²) in [5.41, 5.74) is 3.36. The second-order valence-electron chi connectivity index (χ2n) is 12.7. The van der Waals surface area contributed by atoms with E-state index in [1.54, 1.807) is 48.5 Å². The lowest BCUT2D eigenvalue weighted by Crippen LogP contribution is -2.22. The minimum atomic E-state index is -3.66. The van der Waals surface area contributed by atoms with Gasteiger partial charge in [0.1, 0.15) is 22.8 Å². The zero-order chi connectivity index (χ0) is 29.3. The SMILES string of the molecule is CC(C)(C)Oc1ccc(S(=O)(=O)c2ccc(Oc3ccc(C(C)(C)c4ccc(C(C)(C)C)cc4)cc3)cc2)cc1. The highest BCUT2D eigenvalue weighted by atomic mass is 32.2. The molecule has 0 spiro atoms. The maximum atomic E-state index is 13.1. The third-order valence-electron chi connectivity index (χ3n) is 6.98. The molecular formula is C35H40O4S. The van der Waals surface area contributed by atoms with Gasteiger partial charge < -0.3 is 9.47 Å². The van der Waals surface area contributed by atoms with Crippen LogP contribution >= 0.6 is 0 Å². The number of ether oxygens (including phenoxy) is 2. The molecule has 0 atom stereocenters. The number of hydrogen-bond donors (Lipinski definition) is 0. The molecule has 4 rings (SSSR count). The van der Waals surface area contributed by atoms with Gasteiger partial charge in [-0.05, 0) is 104 Å². The summed E-state index contributed by atoms with van der Waals surface area (Å²) in [6.07, 6.45) is 0. The Hall–Kier alpha value is -3.57. The van der Waals surface area contributed by atoms with E-state index in [1.807, 2.05) is 32.9 Å². The molecule has 0 aliphatic rings. The molecule has 40 heavy (non-hydrogen) atoms. The average Bonchev–Trinajstić information content (AvgIpc) is 2.88. The van der Waals surface area contributed by atoms with E-state index in [0.717, 1.165) is 0 Å². The Kier molecular flexibility index (Phi) is 7.92. The lowest BCUT2D eigenvalue weighted by molar-refractivity contribution is 0.131. The van der Waals surface area contributed by atoms with Gasteiger partial charge in [-0.3, -0.25) is 0 Å². The lowest BCUT2D eigenvalue weighted by Gasteiger charge is -2.28. The van der Waals surface area contributed by atoms with E-state index in [9.17, 15) is 8.42 Å². The molecule has 0 radical (unpaired) electrons. The van der Waals surface area contributed by atoms with Crippen LogP contribution in [0.25, 0.3) is 0 Å². The van der Waals surface area contributed by atoms with Gasteiger partial charge in [0.25, 0.3) is 0 Å². The molecule has 0 aromatic heterocycles. The van der Waals surface area contributed by atoms with Crippen molar-refractivity contribution in [2.24, 2.45) is 0 Å². The Labute approximate surface area is 239 Å². The van der Waals surface area contributed by atoms with Crippen LogP contribution in [0.3, 0.4) is 0 Å². The minimum absolute atomic E-state index is 0.122. The topological polar surface area (TPSA) is 52.6 Å². The van der Waals surface area contributed by atoms with E-state index in [-0.39, 0.29) is 26.2 Å². The molecule has 0 unspecified atom stereocenters. The monoisotopic (exact) mass is 556 g/mol. The van der Waals surface area contributed by atoms with Crippen LogP contribution in [0.5, 0.6) is 17.2 Å². The molecule has 0 amide bonds. The molecule has 0 saturated carbocycles. The van der Waals surface area contributed by atoms with Crippen molar-refractivity contribution in [3.05, 3.63) is 114 Å². The van der Waals surface area contributed by atoms with Crippen molar-refractivity contribution in [3.63, 3.8) is 0 Å². The van der Waals surface area contributed by atoms with E-state index in [0.29, 0.717) is 17.2 Å². The first kappa shape index (κ1) is 29.4. The number of sulfone groups is 1. The van der Waals surface area contributed by atoms with Crippen molar-refractivity contribution in [3.8, 4) is 17.2 Å². The first-order valence-corrected chi connectivity index (χ1v) is 15.1. The van der Waals surface area contributed by atoms with Gasteiger partial charge >= 0.3 is 0 Å². The predicted octanol–water partition coefficient (Wildman–Crippen LogP) is 9.11. The predicted molar refractivity (Wildman–Crippen MR) is 163 cm³/mol. The molecule has 0 heterocycles. The molecule has 4 aromatic rings. The van der Waals surface area contributed by atoms with Crippen molar-refractivity contribution in [1.29, 1.82) is 0 Å². The average molecular weight is 557 g/mol. The summed E-state index contributed by atoms with van der Waals surface area (Å²) in [6, 6.07) is 29.9. The van der Waals surface area contributed by atoms with Crippen molar-refractivity contribution >= 4 is 9.84 Å². The third-order valence-corrected chi connectivity index (χ3v) is 8.76. The Morgan fingerprint density at radius 3 is 1.23 bits per heavy atom. The molecule has 210 valence electrons. The Morgan fingerprint density at radius 1 is 0.475 bits per heavy atom. The second kappa shape index (κ2) is 10.8. The van der Waals surface area contributed by atoms with Crippen LogP contribution in [0.4, 0.5) is 0 Å². The van der Waals surface area contributed by atoms with Crippen LogP contribution in [0.1, 0.15) is 72.1 Å². The van der Waals surface area contributed by atoms with Gasteiger partial charge in [0.05, 0.1) is 9.79 Å². The fraction of sp³-hybridized carbons (Fsp3) is 0.314. The fourth-order valence-electron chi connectivity index (χ4n) is 4.49. The van der Waals surface area contributed by atoms with E-state index in [4.69, 9.17) is 9.47 Å². The number of rotatable bonds is 7. The smallest absolute Gasteiger partial charge is 0.206 e. The molecule has 0 N–H and O–H groups in total. The summed E-state index contributed by atoms with van der Waals surface area (Å²) < 4.78 is 38.1. The third kappa shape index (κ3) is 6.76. The summed E-state index contributed by atoms with van der Waals surface area (Å²) in [6.45, 7) is 17.0. The molecule has 4 aromatic carbocycles. The maximum Gasteiger partial charge on any atom is 0.206 e. The lowest BCUT2D eigenvalue weighted by atomic mass is 9.77. The Bertz CT molecular complexity index is 1530. The first-order chi connectivity index (χ1) is 18.6. The van der Waals surface area contributed by atoms with Crippen LogP contribution in [-0.4, -0.2) is 14.0 Å². The van der Waals surface area contributed by atoms with Gasteiger partial charge in [0.15, 0.2) is 0 Å². The summed E-state index contributed by atoms with van der Waals surface area (Å²) in [5, 5.41) is 0. The van der Waals surface area contributed by atoms with E-state index < -0.39 is 9.84 Å². The summed E-state index contributed by atoms with van der Waals surface area (Å²) in [7, 11) is -3.66. The van der Waals surface area contributed by atoms with Gasteiger partial charge in [-0.25, -0.2) is 8.42 Å². The maximum absolute atomic E-state index is 13.1. The van der Waals surface area contributed by atoms with Crippen molar-refractivity contribution in [2.45, 2.75) is 81.6 Å². The standard InChI is InChI=1S/C35H40O4S/c1-33(2,3)25-9-11-26(12-10-25)35(7,8)27-13-15-28(16-14-27)38-29-17-21-31(22-18-29)40(36,37)32-23-19-30(20-24-32)39-34(4,5)6/h9-24H,1-8H3. The molecule has 0 aliphatic heterocycles. The summed E-state index contributed by atoms with van der Waals surface area (Å²) in [4.78, 5) is 0.424. The first-order valence-electron chi connectivity index (χ1n) is 13.6. The highest BCUT2D eigenvalue weighted by Crippen LogP contribution is 2.35. The van der Waals surface area contributed by atoms with E-state index in [1.165, 1.54) is 16.7 Å². The Morgan fingerprint density at radius 2 is 0.825 bits per heavy atom. The molecular weight excluding hydrogens is 516 g/mol. The van der Waals surface area contributed by atoms with Gasteiger partial charge in [-0.15, -0.1) is 0 Å². The van der Waals surface area contributed by atoms with E-state index >= 15 is 0 Å². The van der Waals surface area contributed by atoms with Gasteiger partial charge in [-0.2, -0.15) is 0 Å². The largest absolute Gasteiger partial charge is 0.488 e. The molecule has 0 bridgehead atoms. The second-order valence-corrected chi connectivity index (χ2v) is 14.7. The molecule has 0 aliphatic carbocycles. The summed E-state index contributed by atoms with van der Waals surface area (Å²) in [5.74, 6) is 1.88. The van der Waals surface area contributed by atoms with Crippen LogP contribution in [-0.2, 0) is 20.7 Å². The highest BCUT2D eigenvalue weighted by Gasteiger charge is 2.24. The molecule has 0 fully saturated rings. The quantitative estimate of drug-likeness (QED) is 0.228. The normalized spacial score (nSPS) is 12.7. The number of hydrogen-bond acceptors (Lipinski definition) is 4. The molecule has 5 heteroatoms. The van der Waals surface area contributed by atoms with Gasteiger partial charge in [0, 0.05) is 5.41 Å². The van der Waals surface area contributed by atoms with Crippen molar-refractivity contribution in [2.75, 3.05) is 0 Å². The van der Waals surface area contributed by atoms with Crippen LogP contribution in [0, 0.1) is 0 Å². The zero-order valence-electron chi connectivity index (χ0n) is 24.8. The van der Waals surface area contributed by atoms with Gasteiger partial charge in [0.2, 0.25) is 9.84 Å². The van der Waals surface area contributed by atoms with Crippen molar-refractivity contribution in [1.82, 2.24) is 0 Å². The van der Waals surface area contributed by atoms with Crippen LogP contribution in [0.2, 0.25) is 0 Å². The highest BCUT2D eigenvalue weighted by molar-refractivity contribution is 7.91.